The lowest BCUT2D eigenvalue weighted by molar-refractivity contribution is -0.213. The zero-order valence-corrected chi connectivity index (χ0v) is 29.7. The first-order valence-corrected chi connectivity index (χ1v) is 20.5. The average Bonchev–Trinajstić information content (AvgIpc) is 2.98. The number of carbonyl (C=O) groups is 1. The molecule has 1 aliphatic rings. The molecule has 0 aliphatic heterocycles. The van der Waals surface area contributed by atoms with Crippen molar-refractivity contribution in [1.82, 2.24) is 0 Å². The highest BCUT2D eigenvalue weighted by atomic mass is 31.2. The highest BCUT2D eigenvalue weighted by Crippen LogP contribution is 2.51. The van der Waals surface area contributed by atoms with Crippen LogP contribution < -0.4 is 0 Å². The van der Waals surface area contributed by atoms with Crippen molar-refractivity contribution in [2.45, 2.75) is 140 Å². The molecule has 1 fully saturated rings. The van der Waals surface area contributed by atoms with E-state index in [1.54, 1.807) is 0 Å². The molecule has 5 unspecified atom stereocenters. The van der Waals surface area contributed by atoms with Gasteiger partial charge in [-0.1, -0.05) is 84.0 Å². The quantitative estimate of drug-likeness (QED) is 0.0250. The van der Waals surface area contributed by atoms with E-state index in [4.69, 9.17) is 43.2 Å². The van der Waals surface area contributed by atoms with E-state index in [2.05, 4.69) is 16.0 Å². The van der Waals surface area contributed by atoms with Gasteiger partial charge in [0.15, 0.2) is 0 Å². The van der Waals surface area contributed by atoms with Crippen molar-refractivity contribution in [2.24, 2.45) is 0 Å². The van der Waals surface area contributed by atoms with Crippen LogP contribution in [0.25, 0.3) is 0 Å². The summed E-state index contributed by atoms with van der Waals surface area (Å²) >= 11 is 0. The first kappa shape index (κ1) is 45.6. The summed E-state index contributed by atoms with van der Waals surface area (Å²) in [5, 5.41) is 40.2. The number of phosphoric acid groups is 3. The molecule has 0 aromatic rings. The fourth-order valence-electron chi connectivity index (χ4n) is 5.05. The Balaban J connectivity index is 2.64. The summed E-state index contributed by atoms with van der Waals surface area (Å²) in [7, 11) is -16.4. The molecule has 1 saturated carbocycles. The lowest BCUT2D eigenvalue weighted by Crippen LogP contribution is -2.65. The third-order valence-electron chi connectivity index (χ3n) is 7.39. The van der Waals surface area contributed by atoms with Crippen LogP contribution in [0.3, 0.4) is 0 Å². The number of ether oxygens (including phenoxy) is 2. The normalized spacial score (nSPS) is 25.5. The zero-order chi connectivity index (χ0) is 36.4. The number of unbranched alkanes of at least 4 members (excludes halogenated alkanes) is 12. The summed E-state index contributed by atoms with van der Waals surface area (Å²) in [5.74, 6) is -0.691. The van der Waals surface area contributed by atoms with Gasteiger partial charge in [0.1, 0.15) is 49.5 Å². The molecule has 0 saturated heterocycles. The van der Waals surface area contributed by atoms with E-state index < -0.39 is 92.2 Å². The number of hydrogen-bond acceptors (Lipinski definition) is 14. The van der Waals surface area contributed by atoms with Crippen LogP contribution in [0.4, 0.5) is 0 Å². The Labute approximate surface area is 279 Å². The molecular formula is C26H53O19P3. The minimum atomic E-state index is -5.51. The van der Waals surface area contributed by atoms with Gasteiger partial charge in [0.2, 0.25) is 0 Å². The summed E-state index contributed by atoms with van der Waals surface area (Å²) in [5.41, 5.74) is 0. The molecule has 1 aliphatic carbocycles. The molecule has 9 N–H and O–H groups in total. The van der Waals surface area contributed by atoms with Gasteiger partial charge in [-0.25, -0.2) is 13.7 Å². The Hall–Kier alpha value is -0.400. The molecule has 0 spiro atoms. The molecule has 0 amide bonds. The highest BCUT2D eigenvalue weighted by molar-refractivity contribution is 7.47. The van der Waals surface area contributed by atoms with Crippen LogP contribution in [0, 0.1) is 0 Å². The molecule has 22 heteroatoms. The molecule has 286 valence electrons. The third-order valence-corrected chi connectivity index (χ3v) is 9.42. The van der Waals surface area contributed by atoms with Crippen LogP contribution in [0.1, 0.15) is 96.8 Å². The van der Waals surface area contributed by atoms with E-state index in [9.17, 15) is 38.7 Å². The lowest BCUT2D eigenvalue weighted by Gasteiger charge is -2.44. The Bertz CT molecular complexity index is 1000. The second-order valence-corrected chi connectivity index (χ2v) is 15.3. The van der Waals surface area contributed by atoms with Gasteiger partial charge in [0, 0.05) is 6.42 Å². The SMILES string of the molecule is CCCCCCCCCCCCCCCC(=O)O[C@@H](COCO)COP(=O)(O)OC1C(O)[C@H](OP(=O)(O)O)C(O)C(OP(=O)(O)O)[C@@H]1O. The molecule has 8 atom stereocenters. The van der Waals surface area contributed by atoms with Crippen LogP contribution in [-0.2, 0) is 46.1 Å². The number of esters is 1. The first-order valence-electron chi connectivity index (χ1n) is 16.0. The lowest BCUT2D eigenvalue weighted by atomic mass is 9.85. The number of aliphatic hydroxyl groups excluding tert-OH is 4. The Morgan fingerprint density at radius 1 is 0.625 bits per heavy atom. The van der Waals surface area contributed by atoms with Crippen LogP contribution in [0.5, 0.6) is 0 Å². The summed E-state index contributed by atoms with van der Waals surface area (Å²) in [6.45, 7) is 0.0212. The van der Waals surface area contributed by atoms with Crippen molar-refractivity contribution in [3.8, 4) is 0 Å². The van der Waals surface area contributed by atoms with Crippen LogP contribution >= 0.6 is 23.5 Å². The Morgan fingerprint density at radius 2 is 1.02 bits per heavy atom. The summed E-state index contributed by atoms with van der Waals surface area (Å²) < 4.78 is 63.4. The van der Waals surface area contributed by atoms with E-state index in [1.807, 2.05) is 0 Å². The summed E-state index contributed by atoms with van der Waals surface area (Å²) in [4.78, 5) is 59.1. The maximum Gasteiger partial charge on any atom is 0.472 e. The fourth-order valence-corrected chi connectivity index (χ4v) is 7.16. The molecule has 1 rings (SSSR count). The first-order chi connectivity index (χ1) is 22.4. The van der Waals surface area contributed by atoms with Gasteiger partial charge in [-0.2, -0.15) is 0 Å². The third kappa shape index (κ3) is 19.8. The maximum atomic E-state index is 12.7. The van der Waals surface area contributed by atoms with E-state index in [0.29, 0.717) is 6.42 Å². The van der Waals surface area contributed by atoms with E-state index in [1.165, 1.54) is 51.4 Å². The van der Waals surface area contributed by atoms with Gasteiger partial charge in [-0.3, -0.25) is 22.9 Å². The highest BCUT2D eigenvalue weighted by Gasteiger charge is 2.56. The number of rotatable bonds is 27. The Kier molecular flexibility index (Phi) is 22.1. The van der Waals surface area contributed by atoms with Gasteiger partial charge in [0.25, 0.3) is 0 Å². The second-order valence-electron chi connectivity index (χ2n) is 11.5. The largest absolute Gasteiger partial charge is 0.472 e. The minimum absolute atomic E-state index is 0.0192. The molecule has 0 aromatic carbocycles. The minimum Gasteiger partial charge on any atom is -0.457 e. The van der Waals surface area contributed by atoms with Crippen molar-refractivity contribution >= 4 is 29.4 Å². The number of aliphatic hydroxyl groups is 4. The standard InChI is InChI=1S/C26H53O19P3/c1-2-3-4-5-6-7-8-9-10-11-12-13-14-15-20(28)42-19(16-40-18-27)17-41-48(38,39)45-26-22(30)24(43-46(32,33)34)21(29)25(23(26)31)44-47(35,36)37/h19,21-27,29-31H,2-18H2,1H3,(H,38,39)(H2,32,33,34)(H2,35,36,37)/t19-,21?,22-,23?,24?,25+,26?/m0/s1. The van der Waals surface area contributed by atoms with Gasteiger partial charge < -0.3 is 54.4 Å². The van der Waals surface area contributed by atoms with Gasteiger partial charge in [-0.05, 0) is 6.42 Å². The summed E-state index contributed by atoms with van der Waals surface area (Å²) in [6.07, 6.45) is -1.74. The average molecular weight is 763 g/mol. The fraction of sp³-hybridized carbons (Fsp3) is 0.962. The van der Waals surface area contributed by atoms with E-state index in [0.717, 1.165) is 25.7 Å². The van der Waals surface area contributed by atoms with Crippen molar-refractivity contribution < 1.29 is 91.0 Å². The molecule has 0 heterocycles. The maximum absolute atomic E-state index is 12.7. The monoisotopic (exact) mass is 762 g/mol. The van der Waals surface area contributed by atoms with E-state index in [-0.39, 0.29) is 6.42 Å². The topological polar surface area (TPSA) is 306 Å². The molecule has 0 bridgehead atoms. The zero-order valence-electron chi connectivity index (χ0n) is 27.0. The Morgan fingerprint density at radius 3 is 1.42 bits per heavy atom. The van der Waals surface area contributed by atoms with Crippen molar-refractivity contribution in [1.29, 1.82) is 0 Å². The van der Waals surface area contributed by atoms with Crippen LogP contribution in [-0.4, -0.2) is 114 Å². The molecule has 0 radical (unpaired) electrons. The van der Waals surface area contributed by atoms with Crippen molar-refractivity contribution in [3.05, 3.63) is 0 Å². The van der Waals surface area contributed by atoms with Gasteiger partial charge in [0.05, 0.1) is 13.2 Å². The van der Waals surface area contributed by atoms with Crippen LogP contribution in [0.2, 0.25) is 0 Å². The van der Waals surface area contributed by atoms with Crippen LogP contribution in [0.15, 0.2) is 0 Å². The molecule has 0 aromatic heterocycles. The molecule has 19 nitrogen and oxygen atoms in total. The van der Waals surface area contributed by atoms with Crippen molar-refractivity contribution in [3.63, 3.8) is 0 Å². The predicted molar refractivity (Wildman–Crippen MR) is 166 cm³/mol. The predicted octanol–water partition coefficient (Wildman–Crippen LogP) is 1.90. The molecule has 48 heavy (non-hydrogen) atoms. The summed E-state index contributed by atoms with van der Waals surface area (Å²) in [6, 6.07) is 0. The van der Waals surface area contributed by atoms with Gasteiger partial charge >= 0.3 is 29.4 Å². The number of phosphoric ester groups is 3. The second kappa shape index (κ2) is 23.2. The number of hydrogen-bond donors (Lipinski definition) is 9. The number of carbonyl (C=O) groups excluding carboxylic acids is 1. The van der Waals surface area contributed by atoms with E-state index >= 15 is 0 Å². The van der Waals surface area contributed by atoms with Crippen molar-refractivity contribution in [2.75, 3.05) is 20.0 Å². The smallest absolute Gasteiger partial charge is 0.457 e. The van der Waals surface area contributed by atoms with Gasteiger partial charge in [-0.15, -0.1) is 0 Å². The molecular weight excluding hydrogens is 709 g/mol.